The van der Waals surface area contributed by atoms with Gasteiger partial charge < -0.3 is 4.90 Å². The zero-order valence-corrected chi connectivity index (χ0v) is 14.0. The summed E-state index contributed by atoms with van der Waals surface area (Å²) in [7, 11) is 0. The van der Waals surface area contributed by atoms with Crippen LogP contribution < -0.4 is 0 Å². The summed E-state index contributed by atoms with van der Waals surface area (Å²) in [5.41, 5.74) is 0.647. The summed E-state index contributed by atoms with van der Waals surface area (Å²) in [4.78, 5) is 19.4. The van der Waals surface area contributed by atoms with E-state index in [2.05, 4.69) is 4.98 Å². The van der Waals surface area contributed by atoms with Crippen LogP contribution in [0.4, 0.5) is 4.39 Å². The highest BCUT2D eigenvalue weighted by atomic mass is 19.1. The van der Waals surface area contributed by atoms with Crippen molar-refractivity contribution in [3.05, 3.63) is 65.7 Å². The van der Waals surface area contributed by atoms with Gasteiger partial charge in [-0.2, -0.15) is 0 Å². The Morgan fingerprint density at radius 3 is 2.42 bits per heavy atom. The highest BCUT2D eigenvalue weighted by Crippen LogP contribution is 2.65. The van der Waals surface area contributed by atoms with Crippen molar-refractivity contribution in [3.63, 3.8) is 0 Å². The van der Waals surface area contributed by atoms with Gasteiger partial charge in [0.2, 0.25) is 5.91 Å². The van der Waals surface area contributed by atoms with Crippen molar-refractivity contribution in [3.8, 4) is 0 Å². The minimum Gasteiger partial charge on any atom is -0.340 e. The molecule has 124 valence electrons. The molecule has 2 fully saturated rings. The Morgan fingerprint density at radius 1 is 1.17 bits per heavy atom. The maximum Gasteiger partial charge on any atom is 0.233 e. The van der Waals surface area contributed by atoms with Crippen LogP contribution in [0, 0.1) is 11.2 Å². The van der Waals surface area contributed by atoms with Gasteiger partial charge in [-0.1, -0.05) is 38.1 Å². The van der Waals surface area contributed by atoms with E-state index < -0.39 is 5.41 Å². The summed E-state index contributed by atoms with van der Waals surface area (Å²) < 4.78 is 14.4. The first-order valence-corrected chi connectivity index (χ1v) is 8.41. The molecule has 0 unspecified atom stereocenters. The van der Waals surface area contributed by atoms with E-state index in [0.717, 1.165) is 5.69 Å². The highest BCUT2D eigenvalue weighted by molar-refractivity contribution is 5.93. The summed E-state index contributed by atoms with van der Waals surface area (Å²) in [6, 6.07) is 12.6. The van der Waals surface area contributed by atoms with Crippen LogP contribution in [0.25, 0.3) is 0 Å². The van der Waals surface area contributed by atoms with Crippen LogP contribution in [-0.2, 0) is 10.2 Å². The molecule has 4 rings (SSSR count). The molecule has 3 nitrogen and oxygen atoms in total. The number of aromatic nitrogens is 1. The molecule has 1 aliphatic heterocycles. The first kappa shape index (κ1) is 15.3. The molecule has 0 bridgehead atoms. The van der Waals surface area contributed by atoms with Crippen LogP contribution in [0.3, 0.4) is 0 Å². The molecule has 1 saturated heterocycles. The SMILES string of the molecule is CC1(C)C[C@]1(C(=O)N1CC(c2ccccn2)C1)c1ccccc1F. The molecule has 0 N–H and O–H groups in total. The molecule has 24 heavy (non-hydrogen) atoms. The zero-order chi connectivity index (χ0) is 16.9. The van der Waals surface area contributed by atoms with Gasteiger partial charge in [0.05, 0.1) is 5.41 Å². The van der Waals surface area contributed by atoms with Gasteiger partial charge in [-0.15, -0.1) is 0 Å². The van der Waals surface area contributed by atoms with E-state index in [1.165, 1.54) is 6.07 Å². The fourth-order valence-electron chi connectivity index (χ4n) is 4.08. The lowest BCUT2D eigenvalue weighted by Gasteiger charge is -2.42. The van der Waals surface area contributed by atoms with Gasteiger partial charge in [0, 0.05) is 36.5 Å². The van der Waals surface area contributed by atoms with Gasteiger partial charge in [-0.25, -0.2) is 4.39 Å². The summed E-state index contributed by atoms with van der Waals surface area (Å²) >= 11 is 0. The molecule has 1 aliphatic carbocycles. The largest absolute Gasteiger partial charge is 0.340 e. The molecular weight excluding hydrogens is 303 g/mol. The fourth-order valence-corrected chi connectivity index (χ4v) is 4.08. The quantitative estimate of drug-likeness (QED) is 0.865. The predicted molar refractivity (Wildman–Crippen MR) is 90.0 cm³/mol. The van der Waals surface area contributed by atoms with Gasteiger partial charge in [0.1, 0.15) is 5.82 Å². The third-order valence-electron chi connectivity index (χ3n) is 5.71. The molecule has 1 aromatic heterocycles. The number of hydrogen-bond donors (Lipinski definition) is 0. The lowest BCUT2D eigenvalue weighted by atomic mass is 9.84. The van der Waals surface area contributed by atoms with Gasteiger partial charge in [-0.3, -0.25) is 9.78 Å². The molecule has 1 amide bonds. The van der Waals surface area contributed by atoms with E-state index in [9.17, 15) is 9.18 Å². The molecule has 0 radical (unpaired) electrons. The van der Waals surface area contributed by atoms with E-state index in [1.807, 2.05) is 43.0 Å². The van der Waals surface area contributed by atoms with Crippen molar-refractivity contribution >= 4 is 5.91 Å². The first-order valence-electron chi connectivity index (χ1n) is 8.41. The minimum absolute atomic E-state index is 0.0600. The van der Waals surface area contributed by atoms with Gasteiger partial charge in [-0.05, 0) is 30.0 Å². The van der Waals surface area contributed by atoms with Crippen molar-refractivity contribution in [2.75, 3.05) is 13.1 Å². The Labute approximate surface area is 141 Å². The van der Waals surface area contributed by atoms with Gasteiger partial charge >= 0.3 is 0 Å². The average Bonchev–Trinajstić information content (AvgIpc) is 3.11. The smallest absolute Gasteiger partial charge is 0.233 e. The number of rotatable bonds is 3. The number of amides is 1. The number of hydrogen-bond acceptors (Lipinski definition) is 2. The lowest BCUT2D eigenvalue weighted by Crippen LogP contribution is -2.53. The zero-order valence-electron chi connectivity index (χ0n) is 14.0. The number of likely N-dealkylation sites (tertiary alicyclic amines) is 1. The van der Waals surface area contributed by atoms with E-state index in [-0.39, 0.29) is 23.1 Å². The molecule has 2 heterocycles. The van der Waals surface area contributed by atoms with E-state index >= 15 is 0 Å². The Morgan fingerprint density at radius 2 is 1.83 bits per heavy atom. The molecule has 0 spiro atoms. The van der Waals surface area contributed by atoms with Crippen molar-refractivity contribution in [2.24, 2.45) is 5.41 Å². The van der Waals surface area contributed by atoms with Crippen molar-refractivity contribution in [1.29, 1.82) is 0 Å². The predicted octanol–water partition coefficient (Wildman–Crippen LogP) is 3.51. The number of halogens is 1. The second kappa shape index (κ2) is 5.13. The lowest BCUT2D eigenvalue weighted by molar-refractivity contribution is -0.139. The molecule has 1 saturated carbocycles. The average molecular weight is 324 g/mol. The fraction of sp³-hybridized carbons (Fsp3) is 0.400. The van der Waals surface area contributed by atoms with Gasteiger partial charge in [0.25, 0.3) is 0 Å². The van der Waals surface area contributed by atoms with Crippen molar-refractivity contribution < 1.29 is 9.18 Å². The topological polar surface area (TPSA) is 33.2 Å². The highest BCUT2D eigenvalue weighted by Gasteiger charge is 2.69. The van der Waals surface area contributed by atoms with E-state index in [0.29, 0.717) is 25.1 Å². The second-order valence-electron chi connectivity index (χ2n) is 7.61. The van der Waals surface area contributed by atoms with Crippen molar-refractivity contribution in [2.45, 2.75) is 31.6 Å². The van der Waals surface area contributed by atoms with Gasteiger partial charge in [0.15, 0.2) is 0 Å². The van der Waals surface area contributed by atoms with Crippen LogP contribution >= 0.6 is 0 Å². The number of carbonyl (C=O) groups excluding carboxylic acids is 1. The number of benzene rings is 1. The molecular formula is C20H21FN2O. The van der Waals surface area contributed by atoms with Crippen molar-refractivity contribution in [1.82, 2.24) is 9.88 Å². The normalized spacial score (nSPS) is 25.2. The number of nitrogens with zero attached hydrogens (tertiary/aromatic N) is 2. The van der Waals surface area contributed by atoms with E-state index in [4.69, 9.17) is 0 Å². The summed E-state index contributed by atoms with van der Waals surface area (Å²) in [6.07, 6.45) is 2.48. The first-order chi connectivity index (χ1) is 11.5. The minimum atomic E-state index is -0.715. The molecule has 2 aliphatic rings. The van der Waals surface area contributed by atoms with Crippen LogP contribution in [-0.4, -0.2) is 28.9 Å². The standard InChI is InChI=1S/C20H21FN2O/c1-19(2)13-20(19,15-7-3-4-8-16(15)21)18(24)23-11-14(12-23)17-9-5-6-10-22-17/h3-10,14H,11-13H2,1-2H3/t20-/m1/s1. The Kier molecular flexibility index (Phi) is 3.27. The maximum absolute atomic E-state index is 14.4. The van der Waals surface area contributed by atoms with Crippen LogP contribution in [0.5, 0.6) is 0 Å². The third-order valence-corrected chi connectivity index (χ3v) is 5.71. The maximum atomic E-state index is 14.4. The summed E-state index contributed by atoms with van der Waals surface area (Å²) in [5, 5.41) is 0. The Balaban J connectivity index is 1.57. The van der Waals surface area contributed by atoms with Crippen LogP contribution in [0.2, 0.25) is 0 Å². The molecule has 2 aromatic rings. The monoisotopic (exact) mass is 324 g/mol. The Bertz CT molecular complexity index is 783. The van der Waals surface area contributed by atoms with Crippen LogP contribution in [0.1, 0.15) is 37.4 Å². The second-order valence-corrected chi connectivity index (χ2v) is 7.61. The number of pyridine rings is 1. The van der Waals surface area contributed by atoms with Crippen LogP contribution in [0.15, 0.2) is 48.7 Å². The van der Waals surface area contributed by atoms with E-state index in [1.54, 1.807) is 18.3 Å². The Hall–Kier alpha value is -2.23. The third kappa shape index (κ3) is 2.09. The summed E-state index contributed by atoms with van der Waals surface area (Å²) in [5.74, 6) is 0.0673. The number of carbonyl (C=O) groups is 1. The summed E-state index contributed by atoms with van der Waals surface area (Å²) in [6.45, 7) is 5.44. The molecule has 1 atom stereocenters. The molecule has 1 aromatic carbocycles. The molecule has 4 heteroatoms.